The van der Waals surface area contributed by atoms with Gasteiger partial charge in [-0.2, -0.15) is 0 Å². The first kappa shape index (κ1) is 42.0. The third-order valence-electron chi connectivity index (χ3n) is 12.7. The molecule has 3 aromatic carbocycles. The third-order valence-corrected chi connectivity index (χ3v) is 14.5. The molecule has 2 aliphatic heterocycles. The minimum Gasteiger partial charge on any atom is -0.497 e. The highest BCUT2D eigenvalue weighted by Crippen LogP contribution is 2.46. The fourth-order valence-electron chi connectivity index (χ4n) is 8.69. The van der Waals surface area contributed by atoms with Gasteiger partial charge in [-0.05, 0) is 48.8 Å². The van der Waals surface area contributed by atoms with Gasteiger partial charge in [-0.25, -0.2) is 13.4 Å². The second-order valence-corrected chi connectivity index (χ2v) is 19.8. The van der Waals surface area contributed by atoms with Crippen LogP contribution in [-0.4, -0.2) is 90.0 Å². The van der Waals surface area contributed by atoms with Crippen LogP contribution in [-0.2, 0) is 29.2 Å². The second-order valence-electron chi connectivity index (χ2n) is 17.8. The third kappa shape index (κ3) is 8.46. The number of pyridine rings is 1. The van der Waals surface area contributed by atoms with Gasteiger partial charge >= 0.3 is 0 Å². The van der Waals surface area contributed by atoms with Crippen LogP contribution >= 0.6 is 0 Å². The molecule has 320 valence electrons. The highest BCUT2D eigenvalue weighted by Gasteiger charge is 2.62. The van der Waals surface area contributed by atoms with E-state index in [2.05, 4.69) is 16.6 Å². The van der Waals surface area contributed by atoms with Crippen molar-refractivity contribution in [1.82, 2.24) is 24.8 Å². The van der Waals surface area contributed by atoms with Crippen LogP contribution < -0.4 is 19.5 Å². The van der Waals surface area contributed by atoms with Crippen molar-refractivity contribution in [2.24, 2.45) is 17.3 Å². The molecule has 0 spiro atoms. The summed E-state index contributed by atoms with van der Waals surface area (Å²) in [5, 5.41) is 2.93. The molecule has 0 radical (unpaired) electrons. The molecule has 4 aliphatic rings. The molecular weight excluding hydrogens is 795 g/mol. The predicted molar refractivity (Wildman–Crippen MR) is 231 cm³/mol. The lowest BCUT2D eigenvalue weighted by molar-refractivity contribution is -0.151. The van der Waals surface area contributed by atoms with E-state index in [1.54, 1.807) is 7.11 Å². The van der Waals surface area contributed by atoms with Gasteiger partial charge in [0.2, 0.25) is 27.7 Å². The number of hydrogen-bond donors (Lipinski definition) is 2. The molecule has 4 aromatic rings. The van der Waals surface area contributed by atoms with Crippen LogP contribution in [0.4, 0.5) is 0 Å². The number of nitrogens with one attached hydrogen (secondary N) is 2. The number of amides is 4. The average molecular weight is 848 g/mol. The molecule has 2 N–H and O–H groups in total. The van der Waals surface area contributed by atoms with Crippen molar-refractivity contribution in [2.75, 3.05) is 20.2 Å². The zero-order valence-corrected chi connectivity index (χ0v) is 35.8. The quantitative estimate of drug-likeness (QED) is 0.146. The van der Waals surface area contributed by atoms with Crippen LogP contribution in [0.15, 0.2) is 97.6 Å². The van der Waals surface area contributed by atoms with Crippen LogP contribution in [0.1, 0.15) is 70.9 Å². The standard InChI is InChI=1S/C47H53N5O8S/c1-6-31-27-47(31,45(56)50-61(57,58)34-18-19-34)49-43(54)40-24-33(60-41-26-37(29-13-9-7-10-14-29)48-38-23-32(59-5)17-20-35(38)41)28-52(40)44(55)36(46(2,3)4)25-42(53)51-22-21-39(51)30-15-11-8-12-16-30/h6-17,20,23,26,31,33-34,36,39-40H,1,18-19,21-22,24-25,27-28H2,2-5H3,(H,49,54)(H,50,56)/t31-,33-,36-,39?,40+,47-/m1/s1. The Morgan fingerprint density at radius 1 is 0.967 bits per heavy atom. The topological polar surface area (TPSA) is 164 Å². The van der Waals surface area contributed by atoms with Crippen molar-refractivity contribution in [3.8, 4) is 22.8 Å². The summed E-state index contributed by atoms with van der Waals surface area (Å²) < 4.78 is 40.2. The molecule has 8 rings (SSSR count). The van der Waals surface area contributed by atoms with Crippen LogP contribution in [0.5, 0.6) is 11.5 Å². The maximum Gasteiger partial charge on any atom is 0.259 e. The molecule has 4 fully saturated rings. The Morgan fingerprint density at radius 2 is 1.67 bits per heavy atom. The van der Waals surface area contributed by atoms with E-state index in [0.29, 0.717) is 47.5 Å². The molecular formula is C47H53N5O8S. The van der Waals surface area contributed by atoms with Gasteiger partial charge in [0.25, 0.3) is 5.91 Å². The van der Waals surface area contributed by atoms with E-state index in [9.17, 15) is 22.8 Å². The largest absolute Gasteiger partial charge is 0.497 e. The normalized spacial score (nSPS) is 24.0. The number of sulfonamides is 1. The lowest BCUT2D eigenvalue weighted by Crippen LogP contribution is -2.57. The number of nitrogens with zero attached hydrogens (tertiary/aromatic N) is 3. The molecule has 14 heteroatoms. The smallest absolute Gasteiger partial charge is 0.259 e. The van der Waals surface area contributed by atoms with Gasteiger partial charge in [0.05, 0.1) is 42.1 Å². The van der Waals surface area contributed by atoms with Gasteiger partial charge in [-0.3, -0.25) is 23.9 Å². The summed E-state index contributed by atoms with van der Waals surface area (Å²) in [6, 6.07) is 25.6. The van der Waals surface area contributed by atoms with E-state index in [-0.39, 0.29) is 43.7 Å². The molecule has 2 aliphatic carbocycles. The average Bonchev–Trinajstić information content (AvgIpc) is 4.16. The van der Waals surface area contributed by atoms with Crippen LogP contribution in [0.2, 0.25) is 0 Å². The second kappa shape index (κ2) is 16.3. The van der Waals surface area contributed by atoms with Crippen LogP contribution in [0.25, 0.3) is 22.2 Å². The first-order valence-electron chi connectivity index (χ1n) is 21.0. The Kier molecular flexibility index (Phi) is 11.2. The number of benzene rings is 3. The summed E-state index contributed by atoms with van der Waals surface area (Å²) in [6.07, 6.45) is 2.72. The minimum absolute atomic E-state index is 0.00876. The number of rotatable bonds is 14. The molecule has 1 unspecified atom stereocenters. The molecule has 1 aromatic heterocycles. The number of fused-ring (bicyclic) bond motifs is 1. The number of methoxy groups -OCH3 is 1. The summed E-state index contributed by atoms with van der Waals surface area (Å²) in [7, 11) is -2.33. The predicted octanol–water partition coefficient (Wildman–Crippen LogP) is 5.95. The lowest BCUT2D eigenvalue weighted by Gasteiger charge is -2.43. The molecule has 3 heterocycles. The van der Waals surface area contributed by atoms with E-state index >= 15 is 4.79 Å². The molecule has 0 bridgehead atoms. The Bertz CT molecular complexity index is 2470. The summed E-state index contributed by atoms with van der Waals surface area (Å²) in [6.45, 7) is 10.1. The molecule has 2 saturated heterocycles. The van der Waals surface area contributed by atoms with Crippen molar-refractivity contribution in [3.63, 3.8) is 0 Å². The van der Waals surface area contributed by atoms with Crippen molar-refractivity contribution in [3.05, 3.63) is 103 Å². The van der Waals surface area contributed by atoms with Gasteiger partial charge in [0.15, 0.2) is 0 Å². The van der Waals surface area contributed by atoms with Crippen molar-refractivity contribution in [2.45, 2.75) is 88.3 Å². The van der Waals surface area contributed by atoms with E-state index in [0.717, 1.165) is 17.5 Å². The maximum absolute atomic E-state index is 15.1. The zero-order chi connectivity index (χ0) is 43.3. The first-order chi connectivity index (χ1) is 29.1. The fraction of sp³-hybridized carbons (Fsp3) is 0.426. The summed E-state index contributed by atoms with van der Waals surface area (Å²) in [4.78, 5) is 65.7. The fourth-order valence-corrected chi connectivity index (χ4v) is 10.1. The number of aromatic nitrogens is 1. The molecule has 61 heavy (non-hydrogen) atoms. The van der Waals surface area contributed by atoms with Crippen LogP contribution in [0, 0.1) is 17.3 Å². The van der Waals surface area contributed by atoms with E-state index in [1.165, 1.54) is 11.0 Å². The molecule has 6 atom stereocenters. The maximum atomic E-state index is 15.1. The van der Waals surface area contributed by atoms with Gasteiger partial charge < -0.3 is 24.6 Å². The van der Waals surface area contributed by atoms with Crippen molar-refractivity contribution < 1.29 is 37.1 Å². The van der Waals surface area contributed by atoms with E-state index < -0.39 is 62.0 Å². The number of carbonyl (C=O) groups is 4. The van der Waals surface area contributed by atoms with E-state index in [1.807, 2.05) is 111 Å². The van der Waals surface area contributed by atoms with Gasteiger partial charge in [-0.1, -0.05) is 87.5 Å². The molecule has 2 saturated carbocycles. The number of likely N-dealkylation sites (tertiary alicyclic amines) is 2. The summed E-state index contributed by atoms with van der Waals surface area (Å²) in [5.41, 5.74) is 0.938. The SMILES string of the molecule is C=C[C@@H]1C[C@]1(NC(=O)[C@@H]1C[C@@H](Oc2cc(-c3ccccc3)nc3cc(OC)ccc23)CN1C(=O)[C@@H](CC(=O)N1CCC1c1ccccc1)C(C)(C)C)C(=O)NS(=O)(=O)C1CC1. The van der Waals surface area contributed by atoms with Gasteiger partial charge in [-0.15, -0.1) is 6.58 Å². The Morgan fingerprint density at radius 3 is 2.28 bits per heavy atom. The van der Waals surface area contributed by atoms with Crippen molar-refractivity contribution >= 4 is 44.6 Å². The Hall–Kier alpha value is -5.76. The number of hydrogen-bond acceptors (Lipinski definition) is 9. The first-order valence-corrected chi connectivity index (χ1v) is 22.5. The highest BCUT2D eigenvalue weighted by molar-refractivity contribution is 7.91. The molecule has 4 amide bonds. The van der Waals surface area contributed by atoms with E-state index in [4.69, 9.17) is 14.5 Å². The monoisotopic (exact) mass is 847 g/mol. The van der Waals surface area contributed by atoms with Gasteiger partial charge in [0.1, 0.15) is 29.2 Å². The number of carbonyl (C=O) groups excluding carboxylic acids is 4. The highest BCUT2D eigenvalue weighted by atomic mass is 32.2. The molecule has 13 nitrogen and oxygen atoms in total. The van der Waals surface area contributed by atoms with Crippen molar-refractivity contribution in [1.29, 1.82) is 0 Å². The Balaban J connectivity index is 1.11. The number of ether oxygens (including phenoxy) is 2. The zero-order valence-electron chi connectivity index (χ0n) is 35.0. The lowest BCUT2D eigenvalue weighted by atomic mass is 9.77. The summed E-state index contributed by atoms with van der Waals surface area (Å²) in [5.74, 6) is -2.20. The minimum atomic E-state index is -3.91. The summed E-state index contributed by atoms with van der Waals surface area (Å²) >= 11 is 0. The van der Waals surface area contributed by atoms with Gasteiger partial charge in [0, 0.05) is 48.4 Å². The van der Waals surface area contributed by atoms with Crippen LogP contribution in [0.3, 0.4) is 0 Å². The Labute approximate surface area is 356 Å².